The highest BCUT2D eigenvalue weighted by molar-refractivity contribution is 7.18. The minimum atomic E-state index is -0.0923. The van der Waals surface area contributed by atoms with Gasteiger partial charge < -0.3 is 15.0 Å². The number of urea groups is 1. The maximum Gasteiger partial charge on any atom is 0.317 e. The van der Waals surface area contributed by atoms with E-state index in [0.29, 0.717) is 19.7 Å². The smallest absolute Gasteiger partial charge is 0.317 e. The van der Waals surface area contributed by atoms with E-state index in [0.717, 1.165) is 27.2 Å². The Labute approximate surface area is 164 Å². The van der Waals surface area contributed by atoms with E-state index in [9.17, 15) is 4.79 Å². The fraction of sp³-hybridized carbons (Fsp3) is 0.333. The summed E-state index contributed by atoms with van der Waals surface area (Å²) in [7, 11) is 1.79. The van der Waals surface area contributed by atoms with E-state index in [1.807, 2.05) is 49.4 Å². The average Bonchev–Trinajstić information content (AvgIpc) is 3.10. The quantitative estimate of drug-likeness (QED) is 0.578. The number of ether oxygens (including phenoxy) is 1. The minimum absolute atomic E-state index is 0.0589. The number of hydrogen-bond donors (Lipinski definition) is 1. The second kappa shape index (κ2) is 9.48. The number of fused-ring (bicyclic) bond motifs is 1. The Morgan fingerprint density at radius 2 is 1.93 bits per heavy atom. The summed E-state index contributed by atoms with van der Waals surface area (Å²) in [6.45, 7) is 3.74. The maximum atomic E-state index is 12.2. The Balaban J connectivity index is 1.36. The molecule has 2 amide bonds. The zero-order valence-electron chi connectivity index (χ0n) is 15.7. The molecule has 142 valence electrons. The molecule has 0 saturated carbocycles. The van der Waals surface area contributed by atoms with Gasteiger partial charge in [0, 0.05) is 20.2 Å². The number of nitrogens with one attached hydrogen (secondary N) is 1. The molecular weight excluding hydrogens is 358 g/mol. The van der Waals surface area contributed by atoms with Gasteiger partial charge in [-0.15, -0.1) is 11.3 Å². The first-order valence-electron chi connectivity index (χ1n) is 9.13. The number of hydrogen-bond acceptors (Lipinski definition) is 4. The molecule has 0 saturated heterocycles. The Morgan fingerprint density at radius 1 is 1.19 bits per heavy atom. The number of amides is 2. The summed E-state index contributed by atoms with van der Waals surface area (Å²) in [5.41, 5.74) is 2.15. The number of nitrogens with zero attached hydrogens (tertiary/aromatic N) is 2. The van der Waals surface area contributed by atoms with E-state index in [4.69, 9.17) is 4.74 Å². The van der Waals surface area contributed by atoms with Crippen molar-refractivity contribution in [2.75, 3.05) is 20.2 Å². The van der Waals surface area contributed by atoms with Gasteiger partial charge in [-0.2, -0.15) is 0 Å². The molecule has 6 heteroatoms. The predicted octanol–water partition coefficient (Wildman–Crippen LogP) is 4.61. The molecular formula is C21H25N3O2S. The van der Waals surface area contributed by atoms with Crippen molar-refractivity contribution in [3.05, 3.63) is 65.2 Å². The number of para-hydroxylation sites is 1. The van der Waals surface area contributed by atoms with E-state index in [2.05, 4.69) is 22.4 Å². The lowest BCUT2D eigenvalue weighted by molar-refractivity contribution is 0.0642. The van der Waals surface area contributed by atoms with Crippen LogP contribution >= 0.6 is 11.3 Å². The first-order chi connectivity index (χ1) is 13.1. The Morgan fingerprint density at radius 3 is 2.70 bits per heavy atom. The molecule has 1 heterocycles. The van der Waals surface area contributed by atoms with Crippen molar-refractivity contribution in [3.63, 3.8) is 0 Å². The van der Waals surface area contributed by atoms with Crippen LogP contribution < -0.4 is 5.32 Å². The summed E-state index contributed by atoms with van der Waals surface area (Å²) < 4.78 is 6.97. The lowest BCUT2D eigenvalue weighted by Gasteiger charge is -2.17. The normalized spacial score (nSPS) is 12.1. The summed E-state index contributed by atoms with van der Waals surface area (Å²) in [4.78, 5) is 18.5. The fourth-order valence-corrected chi connectivity index (χ4v) is 3.77. The molecule has 1 N–H and O–H groups in total. The van der Waals surface area contributed by atoms with Crippen LogP contribution in [0.3, 0.4) is 0 Å². The molecule has 0 aliphatic rings. The Hall–Kier alpha value is -2.44. The van der Waals surface area contributed by atoms with Gasteiger partial charge in [0.2, 0.25) is 0 Å². The van der Waals surface area contributed by atoms with Gasteiger partial charge in [0.15, 0.2) is 0 Å². The third kappa shape index (κ3) is 5.52. The summed E-state index contributed by atoms with van der Waals surface area (Å²) in [6.07, 6.45) is 0.835. The molecule has 0 radical (unpaired) electrons. The van der Waals surface area contributed by atoms with Crippen LogP contribution in [0.5, 0.6) is 0 Å². The van der Waals surface area contributed by atoms with Crippen LogP contribution in [0.2, 0.25) is 0 Å². The molecule has 5 nitrogen and oxygen atoms in total. The van der Waals surface area contributed by atoms with E-state index in [1.165, 1.54) is 0 Å². The molecule has 2 aromatic carbocycles. The van der Waals surface area contributed by atoms with Crippen molar-refractivity contribution < 1.29 is 9.53 Å². The molecule has 1 atom stereocenters. The molecule has 0 aliphatic carbocycles. The van der Waals surface area contributed by atoms with Gasteiger partial charge in [0.1, 0.15) is 5.01 Å². The second-order valence-corrected chi connectivity index (χ2v) is 7.56. The number of carbonyl (C=O) groups is 1. The lowest BCUT2D eigenvalue weighted by Crippen LogP contribution is -2.37. The fourth-order valence-electron chi connectivity index (χ4n) is 2.75. The van der Waals surface area contributed by atoms with Crippen molar-refractivity contribution in [1.29, 1.82) is 0 Å². The SMILES string of the molecule is C[C@@H](OCCCNC(=O)N(C)Cc1nc2ccccc2s1)c1ccccc1. The van der Waals surface area contributed by atoms with E-state index in [1.54, 1.807) is 23.3 Å². The van der Waals surface area contributed by atoms with Gasteiger partial charge in [-0.25, -0.2) is 9.78 Å². The average molecular weight is 384 g/mol. The molecule has 0 unspecified atom stereocenters. The van der Waals surface area contributed by atoms with Crippen LogP contribution in [0.1, 0.15) is 30.0 Å². The highest BCUT2D eigenvalue weighted by atomic mass is 32.1. The van der Waals surface area contributed by atoms with Gasteiger partial charge in [-0.3, -0.25) is 0 Å². The summed E-state index contributed by atoms with van der Waals surface area (Å²) in [6, 6.07) is 18.1. The number of aromatic nitrogens is 1. The third-order valence-electron chi connectivity index (χ3n) is 4.29. The van der Waals surface area contributed by atoms with Gasteiger partial charge in [0.25, 0.3) is 0 Å². The van der Waals surface area contributed by atoms with Crippen LogP contribution in [0.15, 0.2) is 54.6 Å². The highest BCUT2D eigenvalue weighted by Crippen LogP contribution is 2.22. The maximum absolute atomic E-state index is 12.2. The lowest BCUT2D eigenvalue weighted by atomic mass is 10.1. The number of carbonyl (C=O) groups excluding carboxylic acids is 1. The summed E-state index contributed by atoms with van der Waals surface area (Å²) in [5.74, 6) is 0. The molecule has 27 heavy (non-hydrogen) atoms. The van der Waals surface area contributed by atoms with Crippen LogP contribution in [-0.4, -0.2) is 36.1 Å². The second-order valence-electron chi connectivity index (χ2n) is 6.44. The molecule has 0 fully saturated rings. The van der Waals surface area contributed by atoms with Gasteiger partial charge in [0.05, 0.1) is 22.9 Å². The first kappa shape index (κ1) is 19.3. The van der Waals surface area contributed by atoms with Crippen molar-refractivity contribution in [2.24, 2.45) is 0 Å². The van der Waals surface area contributed by atoms with E-state index in [-0.39, 0.29) is 12.1 Å². The number of rotatable bonds is 8. The van der Waals surface area contributed by atoms with Crippen molar-refractivity contribution in [3.8, 4) is 0 Å². The zero-order valence-corrected chi connectivity index (χ0v) is 16.5. The van der Waals surface area contributed by atoms with Crippen molar-refractivity contribution >= 4 is 27.6 Å². The first-order valence-corrected chi connectivity index (χ1v) is 9.95. The Bertz CT molecular complexity index is 833. The molecule has 3 rings (SSSR count). The predicted molar refractivity (Wildman–Crippen MR) is 110 cm³/mol. The third-order valence-corrected chi connectivity index (χ3v) is 5.31. The van der Waals surface area contributed by atoms with Crippen molar-refractivity contribution in [1.82, 2.24) is 15.2 Å². The topological polar surface area (TPSA) is 54.5 Å². The summed E-state index contributed by atoms with van der Waals surface area (Å²) in [5, 5.41) is 3.87. The van der Waals surface area contributed by atoms with Gasteiger partial charge in [-0.05, 0) is 31.0 Å². The standard InChI is InChI=1S/C21H25N3O2S/c1-16(17-9-4-3-5-10-17)26-14-8-13-22-21(25)24(2)15-20-23-18-11-6-7-12-19(18)27-20/h3-7,9-12,16H,8,13-15H2,1-2H3,(H,22,25)/t16-/m1/s1. The van der Waals surface area contributed by atoms with Crippen LogP contribution in [-0.2, 0) is 11.3 Å². The van der Waals surface area contributed by atoms with Gasteiger partial charge >= 0.3 is 6.03 Å². The van der Waals surface area contributed by atoms with Gasteiger partial charge in [-0.1, -0.05) is 42.5 Å². The van der Waals surface area contributed by atoms with Crippen molar-refractivity contribution in [2.45, 2.75) is 26.0 Å². The Kier molecular flexibility index (Phi) is 6.79. The van der Waals surface area contributed by atoms with E-state index < -0.39 is 0 Å². The monoisotopic (exact) mass is 383 g/mol. The number of thiazole rings is 1. The molecule has 0 spiro atoms. The molecule has 0 bridgehead atoms. The largest absolute Gasteiger partial charge is 0.374 e. The highest BCUT2D eigenvalue weighted by Gasteiger charge is 2.12. The molecule has 1 aromatic heterocycles. The zero-order chi connectivity index (χ0) is 19.1. The summed E-state index contributed by atoms with van der Waals surface area (Å²) >= 11 is 1.62. The molecule has 0 aliphatic heterocycles. The van der Waals surface area contributed by atoms with Crippen LogP contribution in [0.25, 0.3) is 10.2 Å². The van der Waals surface area contributed by atoms with E-state index >= 15 is 0 Å². The minimum Gasteiger partial charge on any atom is -0.374 e. The van der Waals surface area contributed by atoms with Crippen LogP contribution in [0, 0.1) is 0 Å². The molecule has 3 aromatic rings. The van der Waals surface area contributed by atoms with Crippen LogP contribution in [0.4, 0.5) is 4.79 Å². The number of benzene rings is 2.